The van der Waals surface area contributed by atoms with E-state index in [9.17, 15) is 14.4 Å². The number of imide groups is 1. The number of carbonyl (C=O) groups is 3. The lowest BCUT2D eigenvalue weighted by atomic mass is 9.65. The fourth-order valence-electron chi connectivity index (χ4n) is 4.42. The topological polar surface area (TPSA) is 78.5 Å². The predicted octanol–water partition coefficient (Wildman–Crippen LogP) is 4.50. The van der Waals surface area contributed by atoms with E-state index >= 15 is 0 Å². The van der Waals surface area contributed by atoms with Gasteiger partial charge in [-0.25, -0.2) is 4.79 Å². The number of hydrogen-bond acceptors (Lipinski definition) is 3. The molecule has 2 fully saturated rings. The van der Waals surface area contributed by atoms with Gasteiger partial charge < -0.3 is 10.6 Å². The molecule has 1 aliphatic heterocycles. The molecule has 1 saturated heterocycles. The van der Waals surface area contributed by atoms with Gasteiger partial charge in [-0.2, -0.15) is 0 Å². The predicted molar refractivity (Wildman–Crippen MR) is 114 cm³/mol. The standard InChI is InChI=1S/C22H30ClN3O3/c1-5-21(3,4)15-9-11-22(12-10-15)19(28)26(20(29)25-22)13-18(27)24-17-8-6-7-16(23)14(17)2/h6-8,15H,5,9-13H2,1-4H3,(H,24,27)(H,25,29). The van der Waals surface area contributed by atoms with Gasteiger partial charge in [-0.1, -0.05) is 44.9 Å². The Bertz CT molecular complexity index is 829. The summed E-state index contributed by atoms with van der Waals surface area (Å²) in [5, 5.41) is 6.18. The first-order valence-corrected chi connectivity index (χ1v) is 10.7. The number of carbonyl (C=O) groups excluding carboxylic acids is 3. The Morgan fingerprint density at radius 1 is 1.31 bits per heavy atom. The van der Waals surface area contributed by atoms with Crippen LogP contribution in [-0.4, -0.2) is 34.8 Å². The van der Waals surface area contributed by atoms with E-state index in [0.717, 1.165) is 29.7 Å². The number of amides is 4. The molecule has 6 nitrogen and oxygen atoms in total. The zero-order valence-electron chi connectivity index (χ0n) is 17.6. The molecular formula is C22H30ClN3O3. The monoisotopic (exact) mass is 419 g/mol. The third kappa shape index (κ3) is 4.13. The van der Waals surface area contributed by atoms with Crippen LogP contribution < -0.4 is 10.6 Å². The molecule has 3 rings (SSSR count). The number of urea groups is 1. The maximum atomic E-state index is 13.1. The second kappa shape index (κ2) is 7.98. The number of nitrogens with zero attached hydrogens (tertiary/aromatic N) is 1. The molecule has 0 radical (unpaired) electrons. The summed E-state index contributed by atoms with van der Waals surface area (Å²) in [6.07, 6.45) is 4.12. The first-order chi connectivity index (χ1) is 13.6. The number of anilines is 1. The van der Waals surface area contributed by atoms with Crippen LogP contribution >= 0.6 is 11.6 Å². The minimum atomic E-state index is -0.857. The number of rotatable bonds is 5. The molecule has 2 N–H and O–H groups in total. The molecular weight excluding hydrogens is 390 g/mol. The van der Waals surface area contributed by atoms with Crippen LogP contribution in [0.3, 0.4) is 0 Å². The van der Waals surface area contributed by atoms with Crippen LogP contribution in [0.15, 0.2) is 18.2 Å². The summed E-state index contributed by atoms with van der Waals surface area (Å²) in [6.45, 7) is 8.21. The second-order valence-corrected chi connectivity index (χ2v) is 9.39. The first kappa shape index (κ1) is 21.6. The van der Waals surface area contributed by atoms with E-state index in [1.54, 1.807) is 25.1 Å². The van der Waals surface area contributed by atoms with Crippen molar-refractivity contribution in [2.75, 3.05) is 11.9 Å². The van der Waals surface area contributed by atoms with Crippen molar-refractivity contribution in [3.05, 3.63) is 28.8 Å². The van der Waals surface area contributed by atoms with Crippen molar-refractivity contribution < 1.29 is 14.4 Å². The van der Waals surface area contributed by atoms with Gasteiger partial charge in [-0.05, 0) is 61.6 Å². The smallest absolute Gasteiger partial charge is 0.324 e. The van der Waals surface area contributed by atoms with E-state index in [-0.39, 0.29) is 17.9 Å². The van der Waals surface area contributed by atoms with E-state index in [4.69, 9.17) is 11.6 Å². The molecule has 158 valence electrons. The minimum Gasteiger partial charge on any atom is -0.324 e. The summed E-state index contributed by atoms with van der Waals surface area (Å²) in [5.74, 6) is -0.170. The third-order valence-electron chi connectivity index (χ3n) is 6.94. The number of benzene rings is 1. The van der Waals surface area contributed by atoms with E-state index in [1.165, 1.54) is 0 Å². The fraction of sp³-hybridized carbons (Fsp3) is 0.591. The molecule has 1 saturated carbocycles. The van der Waals surface area contributed by atoms with Gasteiger partial charge in [0.2, 0.25) is 5.91 Å². The Morgan fingerprint density at radius 3 is 2.59 bits per heavy atom. The Hall–Kier alpha value is -2.08. The van der Waals surface area contributed by atoms with Gasteiger partial charge in [-0.3, -0.25) is 14.5 Å². The normalized spacial score (nSPS) is 24.7. The van der Waals surface area contributed by atoms with Crippen molar-refractivity contribution in [2.45, 2.75) is 65.3 Å². The van der Waals surface area contributed by atoms with Crippen LogP contribution in [0.2, 0.25) is 5.02 Å². The van der Waals surface area contributed by atoms with Crippen molar-refractivity contribution in [1.29, 1.82) is 0 Å². The Labute approximate surface area is 177 Å². The number of hydrogen-bond donors (Lipinski definition) is 2. The van der Waals surface area contributed by atoms with Crippen LogP contribution in [0.1, 0.15) is 58.4 Å². The molecule has 1 aromatic carbocycles. The van der Waals surface area contributed by atoms with Crippen LogP contribution in [0.25, 0.3) is 0 Å². The average molecular weight is 420 g/mol. The Kier molecular flexibility index (Phi) is 5.95. The molecule has 1 heterocycles. The first-order valence-electron chi connectivity index (χ1n) is 10.3. The highest BCUT2D eigenvalue weighted by atomic mass is 35.5. The quantitative estimate of drug-likeness (QED) is 0.689. The highest BCUT2D eigenvalue weighted by Gasteiger charge is 2.53. The molecule has 7 heteroatoms. The number of halogens is 1. The SMILES string of the molecule is CCC(C)(C)C1CCC2(CC1)NC(=O)N(CC(=O)Nc1cccc(Cl)c1C)C2=O. The van der Waals surface area contributed by atoms with Crippen molar-refractivity contribution in [1.82, 2.24) is 10.2 Å². The molecule has 1 aliphatic carbocycles. The molecule has 4 amide bonds. The molecule has 0 atom stereocenters. The van der Waals surface area contributed by atoms with E-state index in [2.05, 4.69) is 31.4 Å². The summed E-state index contributed by atoms with van der Waals surface area (Å²) in [6, 6.07) is 4.73. The average Bonchev–Trinajstić information content (AvgIpc) is 2.90. The zero-order valence-corrected chi connectivity index (χ0v) is 18.4. The lowest BCUT2D eigenvalue weighted by molar-refractivity contribution is -0.135. The van der Waals surface area contributed by atoms with E-state index in [0.29, 0.717) is 29.5 Å². The third-order valence-corrected chi connectivity index (χ3v) is 7.35. The molecule has 0 bridgehead atoms. The van der Waals surface area contributed by atoms with Gasteiger partial charge in [0.1, 0.15) is 12.1 Å². The van der Waals surface area contributed by atoms with Crippen LogP contribution in [0.4, 0.5) is 10.5 Å². The summed E-state index contributed by atoms with van der Waals surface area (Å²) in [5.41, 5.74) is 0.685. The van der Waals surface area contributed by atoms with Gasteiger partial charge in [0.05, 0.1) is 0 Å². The fourth-order valence-corrected chi connectivity index (χ4v) is 4.59. The maximum absolute atomic E-state index is 13.1. The van der Waals surface area contributed by atoms with Crippen LogP contribution in [0.5, 0.6) is 0 Å². The molecule has 0 aromatic heterocycles. The summed E-state index contributed by atoms with van der Waals surface area (Å²) in [7, 11) is 0. The van der Waals surface area contributed by atoms with Crippen molar-refractivity contribution in [3.8, 4) is 0 Å². The van der Waals surface area contributed by atoms with Crippen molar-refractivity contribution in [2.24, 2.45) is 11.3 Å². The van der Waals surface area contributed by atoms with E-state index < -0.39 is 17.5 Å². The van der Waals surface area contributed by atoms with Crippen LogP contribution in [0, 0.1) is 18.3 Å². The second-order valence-electron chi connectivity index (χ2n) is 8.98. The van der Waals surface area contributed by atoms with Crippen LogP contribution in [-0.2, 0) is 9.59 Å². The molecule has 1 aromatic rings. The van der Waals surface area contributed by atoms with Gasteiger partial charge in [0.15, 0.2) is 0 Å². The van der Waals surface area contributed by atoms with E-state index in [1.807, 2.05) is 0 Å². The largest absolute Gasteiger partial charge is 0.325 e. The summed E-state index contributed by atoms with van der Waals surface area (Å²) >= 11 is 6.09. The molecule has 1 spiro atoms. The van der Waals surface area contributed by atoms with Gasteiger partial charge in [0, 0.05) is 10.7 Å². The molecule has 0 unspecified atom stereocenters. The maximum Gasteiger partial charge on any atom is 0.325 e. The highest BCUT2D eigenvalue weighted by molar-refractivity contribution is 6.31. The van der Waals surface area contributed by atoms with Crippen molar-refractivity contribution >= 4 is 35.1 Å². The Balaban J connectivity index is 1.65. The minimum absolute atomic E-state index is 0.224. The summed E-state index contributed by atoms with van der Waals surface area (Å²) in [4.78, 5) is 39.1. The lowest BCUT2D eigenvalue weighted by Gasteiger charge is -2.42. The number of nitrogens with one attached hydrogen (secondary N) is 2. The molecule has 2 aliphatic rings. The highest BCUT2D eigenvalue weighted by Crippen LogP contribution is 2.45. The van der Waals surface area contributed by atoms with Gasteiger partial charge in [-0.15, -0.1) is 0 Å². The van der Waals surface area contributed by atoms with Crippen molar-refractivity contribution in [3.63, 3.8) is 0 Å². The van der Waals surface area contributed by atoms with Gasteiger partial charge in [0.25, 0.3) is 5.91 Å². The summed E-state index contributed by atoms with van der Waals surface area (Å²) < 4.78 is 0. The zero-order chi connectivity index (χ0) is 21.4. The molecule has 29 heavy (non-hydrogen) atoms. The van der Waals surface area contributed by atoms with Gasteiger partial charge >= 0.3 is 6.03 Å². The lowest BCUT2D eigenvalue weighted by Crippen LogP contribution is -2.51. The Morgan fingerprint density at radius 2 is 1.97 bits per heavy atom.